The van der Waals surface area contributed by atoms with Crippen molar-refractivity contribution in [3.8, 4) is 0 Å². The largest absolute Gasteiger partial charge is 0.356 e. The number of nitrogens with one attached hydrogen (secondary N) is 4. The molecule has 0 atom stereocenters. The molecule has 2 heterocycles. The molecule has 0 aliphatic rings. The maximum absolute atomic E-state index is 12.0. The van der Waals surface area contributed by atoms with Crippen molar-refractivity contribution < 1.29 is 9.59 Å². The van der Waals surface area contributed by atoms with Crippen molar-refractivity contribution in [3.63, 3.8) is 0 Å². The van der Waals surface area contributed by atoms with Gasteiger partial charge in [-0.05, 0) is 36.2 Å². The van der Waals surface area contributed by atoms with Gasteiger partial charge in [-0.25, -0.2) is 9.78 Å². The molecule has 0 saturated carbocycles. The van der Waals surface area contributed by atoms with Gasteiger partial charge in [0.15, 0.2) is 5.65 Å². The average molecular weight is 388 g/mol. The molecule has 0 aliphatic heterocycles. The first-order valence-corrected chi connectivity index (χ1v) is 8.77. The van der Waals surface area contributed by atoms with Gasteiger partial charge in [-0.1, -0.05) is 23.7 Å². The van der Waals surface area contributed by atoms with Gasteiger partial charge in [0.2, 0.25) is 11.8 Å². The minimum atomic E-state index is -0.365. The minimum absolute atomic E-state index is 0.0378. The van der Waals surface area contributed by atoms with Crippen LogP contribution in [0.1, 0.15) is 18.4 Å². The van der Waals surface area contributed by atoms with Crippen LogP contribution in [0.5, 0.6) is 0 Å². The van der Waals surface area contributed by atoms with Crippen molar-refractivity contribution >= 4 is 40.4 Å². The number of aromatic nitrogens is 3. The quantitative estimate of drug-likeness (QED) is 0.495. The van der Waals surface area contributed by atoms with E-state index in [0.29, 0.717) is 35.0 Å². The summed E-state index contributed by atoms with van der Waals surface area (Å²) in [6, 6.07) is 10.6. The molecule has 0 unspecified atom stereocenters. The number of carbonyl (C=O) groups excluding carboxylic acids is 2. The van der Waals surface area contributed by atoms with Crippen LogP contribution in [0, 0.1) is 0 Å². The smallest absolute Gasteiger partial charge is 0.325 e. The fraction of sp³-hybridized carbons (Fsp3) is 0.222. The number of fused-ring (bicyclic) bond motifs is 1. The Bertz CT molecular complexity index is 1010. The second-order valence-corrected chi connectivity index (χ2v) is 6.38. The van der Waals surface area contributed by atoms with Gasteiger partial charge < -0.3 is 15.6 Å². The van der Waals surface area contributed by atoms with E-state index in [-0.39, 0.29) is 30.3 Å². The zero-order valence-electron chi connectivity index (χ0n) is 14.3. The Balaban J connectivity index is 1.40. The predicted molar refractivity (Wildman–Crippen MR) is 103 cm³/mol. The van der Waals surface area contributed by atoms with E-state index in [2.05, 4.69) is 25.6 Å². The molecule has 3 rings (SSSR count). The molecule has 27 heavy (non-hydrogen) atoms. The molecule has 140 valence electrons. The Kier molecular flexibility index (Phi) is 5.87. The van der Waals surface area contributed by atoms with Crippen molar-refractivity contribution in [2.24, 2.45) is 0 Å². The van der Waals surface area contributed by atoms with E-state index >= 15 is 0 Å². The molecule has 0 spiro atoms. The topological polar surface area (TPSA) is 120 Å². The van der Waals surface area contributed by atoms with Gasteiger partial charge in [-0.3, -0.25) is 14.6 Å². The molecule has 0 radical (unpaired) electrons. The molecule has 2 aromatic heterocycles. The molecule has 0 aliphatic carbocycles. The third-order valence-electron chi connectivity index (χ3n) is 3.87. The Hall–Kier alpha value is -3.13. The maximum atomic E-state index is 12.0. The number of anilines is 1. The van der Waals surface area contributed by atoms with E-state index in [9.17, 15) is 14.4 Å². The number of aromatic amines is 2. The maximum Gasteiger partial charge on any atom is 0.325 e. The van der Waals surface area contributed by atoms with Crippen LogP contribution in [0.2, 0.25) is 5.02 Å². The number of benzene rings is 1. The Morgan fingerprint density at radius 3 is 2.52 bits per heavy atom. The molecular formula is C18H18ClN5O3. The number of hydrogen-bond acceptors (Lipinski definition) is 4. The summed E-state index contributed by atoms with van der Waals surface area (Å²) in [6.45, 7) is 0.487. The lowest BCUT2D eigenvalue weighted by Crippen LogP contribution is -2.26. The number of imidazole rings is 1. The fourth-order valence-corrected chi connectivity index (χ4v) is 2.63. The van der Waals surface area contributed by atoms with Crippen molar-refractivity contribution in [2.75, 3.05) is 11.9 Å². The molecule has 3 aromatic rings. The van der Waals surface area contributed by atoms with Gasteiger partial charge in [0.25, 0.3) is 0 Å². The zero-order chi connectivity index (χ0) is 19.2. The number of carbonyl (C=O) groups is 2. The monoisotopic (exact) mass is 387 g/mol. The Morgan fingerprint density at radius 2 is 1.74 bits per heavy atom. The highest BCUT2D eigenvalue weighted by atomic mass is 35.5. The summed E-state index contributed by atoms with van der Waals surface area (Å²) in [4.78, 5) is 44.2. The number of nitrogens with zero attached hydrogens (tertiary/aromatic N) is 1. The first kappa shape index (κ1) is 18.7. The van der Waals surface area contributed by atoms with Crippen LogP contribution < -0.4 is 16.3 Å². The fourth-order valence-electron chi connectivity index (χ4n) is 2.50. The third-order valence-corrected chi connectivity index (χ3v) is 4.12. The predicted octanol–water partition coefficient (Wildman–Crippen LogP) is 1.98. The van der Waals surface area contributed by atoms with Crippen molar-refractivity contribution in [3.05, 3.63) is 57.5 Å². The van der Waals surface area contributed by atoms with Gasteiger partial charge >= 0.3 is 5.69 Å². The second kappa shape index (κ2) is 8.50. The van der Waals surface area contributed by atoms with Gasteiger partial charge in [0.05, 0.1) is 5.52 Å². The molecule has 0 bridgehead atoms. The van der Waals surface area contributed by atoms with E-state index in [1.807, 2.05) is 12.1 Å². The van der Waals surface area contributed by atoms with Crippen LogP contribution in [0.4, 0.5) is 5.82 Å². The van der Waals surface area contributed by atoms with Crippen LogP contribution in [-0.4, -0.2) is 33.3 Å². The van der Waals surface area contributed by atoms with E-state index in [4.69, 9.17) is 11.6 Å². The summed E-state index contributed by atoms with van der Waals surface area (Å²) in [5.74, 6) is -0.212. The molecular weight excluding hydrogens is 370 g/mol. The van der Waals surface area contributed by atoms with Crippen molar-refractivity contribution in [2.45, 2.75) is 19.3 Å². The lowest BCUT2D eigenvalue weighted by Gasteiger charge is -2.06. The summed E-state index contributed by atoms with van der Waals surface area (Å²) >= 11 is 5.83. The van der Waals surface area contributed by atoms with E-state index in [1.165, 1.54) is 0 Å². The highest BCUT2D eigenvalue weighted by Crippen LogP contribution is 2.11. The van der Waals surface area contributed by atoms with E-state index in [1.54, 1.807) is 24.3 Å². The summed E-state index contributed by atoms with van der Waals surface area (Å²) in [5.41, 5.74) is 1.62. The molecule has 0 saturated heterocycles. The standard InChI is InChI=1S/C18H18ClN5O3/c19-12-3-1-11(2-4-12)9-10-20-15(25)7-8-16(26)22-14-6-5-13-17(23-14)24-18(27)21-13/h1-6H,7-10H2,(H,20,25)(H3,21,22,23,24,26,27). The van der Waals surface area contributed by atoms with Crippen LogP contribution in [-0.2, 0) is 16.0 Å². The van der Waals surface area contributed by atoms with Crippen molar-refractivity contribution in [1.29, 1.82) is 0 Å². The summed E-state index contributed by atoms with van der Waals surface area (Å²) < 4.78 is 0. The third kappa shape index (κ3) is 5.42. The first-order chi connectivity index (χ1) is 13.0. The SMILES string of the molecule is O=C(CCC(=O)Nc1ccc2[nH]c(=O)[nH]c2n1)NCCc1ccc(Cl)cc1. The molecule has 0 fully saturated rings. The van der Waals surface area contributed by atoms with E-state index < -0.39 is 0 Å². The number of pyridine rings is 1. The van der Waals surface area contributed by atoms with E-state index in [0.717, 1.165) is 5.56 Å². The molecule has 4 N–H and O–H groups in total. The number of amides is 2. The molecule has 1 aromatic carbocycles. The van der Waals surface area contributed by atoms with Gasteiger partial charge in [0.1, 0.15) is 5.82 Å². The summed E-state index contributed by atoms with van der Waals surface area (Å²) in [6.07, 6.45) is 0.805. The van der Waals surface area contributed by atoms with Crippen LogP contribution in [0.3, 0.4) is 0 Å². The van der Waals surface area contributed by atoms with Crippen LogP contribution in [0.15, 0.2) is 41.2 Å². The normalized spacial score (nSPS) is 10.7. The average Bonchev–Trinajstić information content (AvgIpc) is 3.01. The highest BCUT2D eigenvalue weighted by Gasteiger charge is 2.09. The lowest BCUT2D eigenvalue weighted by molar-refractivity contribution is -0.124. The minimum Gasteiger partial charge on any atom is -0.356 e. The van der Waals surface area contributed by atoms with Crippen molar-refractivity contribution in [1.82, 2.24) is 20.3 Å². The van der Waals surface area contributed by atoms with Crippen LogP contribution >= 0.6 is 11.6 Å². The molecule has 9 heteroatoms. The molecule has 2 amide bonds. The van der Waals surface area contributed by atoms with Gasteiger partial charge in [-0.15, -0.1) is 0 Å². The van der Waals surface area contributed by atoms with Gasteiger partial charge in [-0.2, -0.15) is 0 Å². The summed E-state index contributed by atoms with van der Waals surface area (Å²) in [7, 11) is 0. The number of H-pyrrole nitrogens is 2. The first-order valence-electron chi connectivity index (χ1n) is 8.39. The second-order valence-electron chi connectivity index (χ2n) is 5.95. The Morgan fingerprint density at radius 1 is 1.00 bits per heavy atom. The molecule has 8 nitrogen and oxygen atoms in total. The summed E-state index contributed by atoms with van der Waals surface area (Å²) in [5, 5.41) is 6.06. The lowest BCUT2D eigenvalue weighted by atomic mass is 10.1. The zero-order valence-corrected chi connectivity index (χ0v) is 15.1. The number of hydrogen-bond donors (Lipinski definition) is 4. The Labute approximate surface area is 159 Å². The number of rotatable bonds is 7. The highest BCUT2D eigenvalue weighted by molar-refractivity contribution is 6.30. The number of halogens is 1. The van der Waals surface area contributed by atoms with Gasteiger partial charge in [0, 0.05) is 24.4 Å². The van der Waals surface area contributed by atoms with Crippen LogP contribution in [0.25, 0.3) is 11.2 Å².